The molecule has 0 bridgehead atoms. The highest BCUT2D eigenvalue weighted by Gasteiger charge is 2.46. The van der Waals surface area contributed by atoms with E-state index >= 15 is 0 Å². The van der Waals surface area contributed by atoms with Gasteiger partial charge in [-0.1, -0.05) is 15.9 Å². The van der Waals surface area contributed by atoms with E-state index in [9.17, 15) is 19.5 Å². The smallest absolute Gasteiger partial charge is 0.317 e. The average molecular weight is 355 g/mol. The zero-order valence-electron chi connectivity index (χ0n) is 10.9. The van der Waals surface area contributed by atoms with Crippen molar-refractivity contribution in [3.63, 3.8) is 0 Å². The van der Waals surface area contributed by atoms with Crippen molar-refractivity contribution in [2.75, 3.05) is 11.9 Å². The Balaban J connectivity index is 2.89. The average Bonchev–Trinajstić information content (AvgIpc) is 2.35. The number of hydrogen-bond acceptors (Lipinski definition) is 8. The van der Waals surface area contributed by atoms with Crippen LogP contribution in [0.3, 0.4) is 0 Å². The number of hydrogen-bond donors (Lipinski definition) is 1. The van der Waals surface area contributed by atoms with Crippen LogP contribution in [0.25, 0.3) is 0 Å². The molecule has 0 spiro atoms. The molecule has 1 aliphatic heterocycles. The number of carbonyl (C=O) groups is 3. The fraction of sp³-hybridized carbons (Fsp3) is 0.727. The number of aliphatic hydroxyl groups is 1. The molecule has 20 heavy (non-hydrogen) atoms. The van der Waals surface area contributed by atoms with Crippen molar-refractivity contribution in [3.05, 3.63) is 0 Å². The second-order valence-electron chi connectivity index (χ2n) is 4.03. The van der Waals surface area contributed by atoms with Gasteiger partial charge in [0, 0.05) is 13.8 Å². The summed E-state index contributed by atoms with van der Waals surface area (Å²) in [5.74, 6) is -1.96. The van der Waals surface area contributed by atoms with Gasteiger partial charge in [-0.15, -0.1) is 0 Å². The Morgan fingerprint density at radius 3 is 2.20 bits per heavy atom. The molecule has 1 rings (SSSR count). The first-order valence-corrected chi connectivity index (χ1v) is 6.86. The molecule has 8 nitrogen and oxygen atoms in total. The van der Waals surface area contributed by atoms with Crippen molar-refractivity contribution in [1.29, 1.82) is 0 Å². The Hall–Kier alpha value is -1.19. The highest BCUT2D eigenvalue weighted by atomic mass is 79.9. The third-order valence-electron chi connectivity index (χ3n) is 2.40. The maximum absolute atomic E-state index is 11.3. The van der Waals surface area contributed by atoms with E-state index < -0.39 is 42.5 Å². The molecular weight excluding hydrogens is 340 g/mol. The second-order valence-corrected chi connectivity index (χ2v) is 4.59. The zero-order chi connectivity index (χ0) is 15.3. The Morgan fingerprint density at radius 1 is 1.15 bits per heavy atom. The topological polar surface area (TPSA) is 108 Å². The van der Waals surface area contributed by atoms with E-state index in [1.54, 1.807) is 0 Å². The molecule has 4 atom stereocenters. The molecule has 1 unspecified atom stereocenters. The van der Waals surface area contributed by atoms with Crippen molar-refractivity contribution in [2.45, 2.75) is 38.4 Å². The van der Waals surface area contributed by atoms with Crippen molar-refractivity contribution in [3.8, 4) is 0 Å². The third kappa shape index (κ3) is 4.73. The maximum Gasteiger partial charge on any atom is 0.317 e. The van der Waals surface area contributed by atoms with Gasteiger partial charge in [0.15, 0.2) is 24.6 Å². The van der Waals surface area contributed by atoms with Crippen LogP contribution >= 0.6 is 15.9 Å². The third-order valence-corrected chi connectivity index (χ3v) is 2.86. The van der Waals surface area contributed by atoms with Gasteiger partial charge in [0.25, 0.3) is 0 Å². The van der Waals surface area contributed by atoms with Gasteiger partial charge < -0.3 is 24.1 Å². The van der Waals surface area contributed by atoms with Crippen LogP contribution in [0.1, 0.15) is 13.8 Å². The molecule has 9 heteroatoms. The van der Waals surface area contributed by atoms with Gasteiger partial charge >= 0.3 is 17.9 Å². The second kappa shape index (κ2) is 7.55. The molecule has 1 heterocycles. The molecule has 1 aliphatic rings. The molecule has 0 aromatic rings. The van der Waals surface area contributed by atoms with E-state index in [-0.39, 0.29) is 11.9 Å². The van der Waals surface area contributed by atoms with Crippen molar-refractivity contribution >= 4 is 33.8 Å². The lowest BCUT2D eigenvalue weighted by Crippen LogP contribution is -2.57. The number of aliphatic hydroxyl groups excluding tert-OH is 1. The minimum atomic E-state index is -1.47. The molecule has 0 aromatic carbocycles. The van der Waals surface area contributed by atoms with Gasteiger partial charge in [0.1, 0.15) is 5.33 Å². The molecule has 1 fully saturated rings. The van der Waals surface area contributed by atoms with Gasteiger partial charge in [0.2, 0.25) is 0 Å². The summed E-state index contributed by atoms with van der Waals surface area (Å²) in [5.41, 5.74) is 0. The number of rotatable bonds is 4. The Morgan fingerprint density at radius 2 is 1.70 bits per heavy atom. The van der Waals surface area contributed by atoms with Gasteiger partial charge in [-0.05, 0) is 0 Å². The molecule has 1 saturated heterocycles. The quantitative estimate of drug-likeness (QED) is 0.409. The summed E-state index contributed by atoms with van der Waals surface area (Å²) in [6.45, 7) is 2.09. The highest BCUT2D eigenvalue weighted by Crippen LogP contribution is 2.23. The van der Waals surface area contributed by atoms with Crippen LogP contribution in [0.15, 0.2) is 0 Å². The van der Waals surface area contributed by atoms with Crippen LogP contribution < -0.4 is 0 Å². The van der Waals surface area contributed by atoms with Crippen LogP contribution in [-0.4, -0.2) is 59.6 Å². The summed E-state index contributed by atoms with van der Waals surface area (Å²) in [6, 6.07) is 0. The minimum absolute atomic E-state index is 0.0585. The predicted octanol–water partition coefficient (Wildman–Crippen LogP) is -0.495. The summed E-state index contributed by atoms with van der Waals surface area (Å²) in [6.07, 6.45) is -4.85. The van der Waals surface area contributed by atoms with Gasteiger partial charge in [-0.3, -0.25) is 14.4 Å². The summed E-state index contributed by atoms with van der Waals surface area (Å²) in [5, 5.41) is 9.61. The number of carbonyl (C=O) groups excluding carboxylic acids is 3. The first-order chi connectivity index (χ1) is 9.35. The van der Waals surface area contributed by atoms with Gasteiger partial charge in [0.05, 0.1) is 6.61 Å². The molecule has 0 amide bonds. The monoisotopic (exact) mass is 354 g/mol. The number of esters is 3. The fourth-order valence-corrected chi connectivity index (χ4v) is 1.84. The molecule has 1 N–H and O–H groups in total. The predicted molar refractivity (Wildman–Crippen MR) is 66.7 cm³/mol. The number of ether oxygens (including phenoxy) is 4. The summed E-state index contributed by atoms with van der Waals surface area (Å²) in [7, 11) is 0. The molecular formula is C11H15BrO8. The van der Waals surface area contributed by atoms with Crippen LogP contribution in [0.2, 0.25) is 0 Å². The lowest BCUT2D eigenvalue weighted by Gasteiger charge is -2.38. The lowest BCUT2D eigenvalue weighted by atomic mass is 10.0. The largest absolute Gasteiger partial charge is 0.455 e. The van der Waals surface area contributed by atoms with E-state index in [2.05, 4.69) is 15.9 Å². The van der Waals surface area contributed by atoms with E-state index in [4.69, 9.17) is 18.9 Å². The normalized spacial score (nSPS) is 29.4. The first-order valence-electron chi connectivity index (χ1n) is 5.74. The van der Waals surface area contributed by atoms with Gasteiger partial charge in [-0.2, -0.15) is 0 Å². The fourth-order valence-electron chi connectivity index (χ4n) is 1.71. The lowest BCUT2D eigenvalue weighted by molar-refractivity contribution is -0.267. The van der Waals surface area contributed by atoms with E-state index in [1.807, 2.05) is 0 Å². The van der Waals surface area contributed by atoms with Crippen LogP contribution in [0.5, 0.6) is 0 Å². The Kier molecular flexibility index (Phi) is 6.37. The van der Waals surface area contributed by atoms with Crippen molar-refractivity contribution in [1.82, 2.24) is 0 Å². The SMILES string of the molecule is CC(=O)O[C@H]1[C@@H](OC(=O)CBr)COC(O)[C@@H]1OC(C)=O. The van der Waals surface area contributed by atoms with E-state index in [1.165, 1.54) is 0 Å². The number of alkyl halides is 1. The van der Waals surface area contributed by atoms with Gasteiger partial charge in [-0.25, -0.2) is 0 Å². The molecule has 0 radical (unpaired) electrons. The molecule has 0 saturated carbocycles. The Labute approximate surface area is 123 Å². The van der Waals surface area contributed by atoms with E-state index in [0.717, 1.165) is 13.8 Å². The van der Waals surface area contributed by atoms with Crippen molar-refractivity contribution in [2.24, 2.45) is 0 Å². The molecule has 0 aromatic heterocycles. The molecule has 114 valence electrons. The highest BCUT2D eigenvalue weighted by molar-refractivity contribution is 9.09. The van der Waals surface area contributed by atoms with Crippen LogP contribution in [0, 0.1) is 0 Å². The summed E-state index contributed by atoms with van der Waals surface area (Å²) < 4.78 is 19.8. The summed E-state index contributed by atoms with van der Waals surface area (Å²) >= 11 is 2.92. The number of halogens is 1. The maximum atomic E-state index is 11.3. The summed E-state index contributed by atoms with van der Waals surface area (Å²) in [4.78, 5) is 33.4. The van der Waals surface area contributed by atoms with Crippen LogP contribution in [-0.2, 0) is 33.3 Å². The standard InChI is InChI=1S/C11H15BrO8/c1-5(13)18-9-7(20-8(15)3-12)4-17-11(16)10(9)19-6(2)14/h7,9-11,16H,3-4H2,1-2H3/t7-,9-,10+,11?/m0/s1. The zero-order valence-corrected chi connectivity index (χ0v) is 12.5. The van der Waals surface area contributed by atoms with E-state index in [0.29, 0.717) is 0 Å². The van der Waals surface area contributed by atoms with Crippen molar-refractivity contribution < 1.29 is 38.4 Å². The first kappa shape index (κ1) is 16.9. The minimum Gasteiger partial charge on any atom is -0.455 e. The van der Waals surface area contributed by atoms with Crippen LogP contribution in [0.4, 0.5) is 0 Å². The Bertz CT molecular complexity index is 385. The molecule has 0 aliphatic carbocycles.